The first kappa shape index (κ1) is 22.8. The molecule has 0 aliphatic carbocycles. The summed E-state index contributed by atoms with van der Waals surface area (Å²) in [5.41, 5.74) is 6.94. The molecule has 0 heterocycles. The van der Waals surface area contributed by atoms with Crippen molar-refractivity contribution in [1.29, 1.82) is 0 Å². The third-order valence-electron chi connectivity index (χ3n) is 4.91. The summed E-state index contributed by atoms with van der Waals surface area (Å²) in [5, 5.41) is 5.34. The fourth-order valence-corrected chi connectivity index (χ4v) is 3.86. The summed E-state index contributed by atoms with van der Waals surface area (Å²) >= 11 is 1.70. The second kappa shape index (κ2) is 11.5. The van der Waals surface area contributed by atoms with E-state index in [4.69, 9.17) is 9.73 Å². The Morgan fingerprint density at radius 3 is 2.48 bits per heavy atom. The first-order valence-corrected chi connectivity index (χ1v) is 10.8. The molecule has 29 heavy (non-hydrogen) atoms. The lowest BCUT2D eigenvalue weighted by atomic mass is 10.0. The number of benzene rings is 2. The van der Waals surface area contributed by atoms with Crippen LogP contribution in [0.1, 0.15) is 30.0 Å². The van der Waals surface area contributed by atoms with E-state index < -0.39 is 0 Å². The molecule has 0 spiro atoms. The van der Waals surface area contributed by atoms with Gasteiger partial charge in [0, 0.05) is 18.5 Å². The molecule has 1 atom stereocenters. The quantitative estimate of drug-likeness (QED) is 0.446. The largest absolute Gasteiger partial charge is 0.497 e. The van der Waals surface area contributed by atoms with Crippen molar-refractivity contribution in [1.82, 2.24) is 5.32 Å². The average Bonchev–Trinajstić information content (AvgIpc) is 2.73. The molecule has 0 amide bonds. The number of aryl methyl sites for hydroxylation is 2. The molecule has 2 rings (SSSR count). The van der Waals surface area contributed by atoms with E-state index in [9.17, 15) is 0 Å². The topological polar surface area (TPSA) is 33.6 Å². The molecule has 0 saturated carbocycles. The van der Waals surface area contributed by atoms with Crippen LogP contribution in [0, 0.1) is 6.92 Å². The minimum Gasteiger partial charge on any atom is -0.497 e. The Labute approximate surface area is 180 Å². The maximum absolute atomic E-state index is 5.26. The van der Waals surface area contributed by atoms with E-state index in [0.29, 0.717) is 5.25 Å². The number of hydrogen-bond acceptors (Lipinski definition) is 4. The number of ether oxygens (including phenoxy) is 1. The molecule has 1 N–H and O–H groups in total. The highest BCUT2D eigenvalue weighted by atomic mass is 32.2. The van der Waals surface area contributed by atoms with Gasteiger partial charge in [-0.25, -0.2) is 0 Å². The molecule has 0 saturated heterocycles. The van der Waals surface area contributed by atoms with Gasteiger partial charge >= 0.3 is 0 Å². The number of hydrogen-bond donors (Lipinski definition) is 1. The van der Waals surface area contributed by atoms with Crippen LogP contribution in [0.2, 0.25) is 0 Å². The molecule has 0 aliphatic rings. The molecule has 0 fully saturated rings. The van der Waals surface area contributed by atoms with Crippen LogP contribution in [0.15, 0.2) is 71.7 Å². The predicted octanol–water partition coefficient (Wildman–Crippen LogP) is 6.25. The van der Waals surface area contributed by atoms with Gasteiger partial charge in [0.25, 0.3) is 0 Å². The molecule has 0 bridgehead atoms. The SMILES string of the molecule is C=CSC(Cc1ccc(CCC(C)=Nc2ccc(OC)cc2C)cc1)C(=C)NC. The molecule has 3 nitrogen and oxygen atoms in total. The summed E-state index contributed by atoms with van der Waals surface area (Å²) in [7, 11) is 3.60. The molecule has 154 valence electrons. The summed E-state index contributed by atoms with van der Waals surface area (Å²) in [5.74, 6) is 0.867. The van der Waals surface area contributed by atoms with Crippen molar-refractivity contribution in [2.24, 2.45) is 4.99 Å². The highest BCUT2D eigenvalue weighted by molar-refractivity contribution is 8.02. The highest BCUT2D eigenvalue weighted by Gasteiger charge is 2.12. The number of rotatable bonds is 11. The van der Waals surface area contributed by atoms with Gasteiger partial charge < -0.3 is 10.1 Å². The maximum atomic E-state index is 5.26. The van der Waals surface area contributed by atoms with Crippen molar-refractivity contribution >= 4 is 23.2 Å². The highest BCUT2D eigenvalue weighted by Crippen LogP contribution is 2.25. The van der Waals surface area contributed by atoms with Crippen molar-refractivity contribution in [3.05, 3.63) is 83.4 Å². The van der Waals surface area contributed by atoms with Crippen molar-refractivity contribution < 1.29 is 4.74 Å². The van der Waals surface area contributed by atoms with Gasteiger partial charge in [0.1, 0.15) is 5.75 Å². The zero-order chi connectivity index (χ0) is 21.2. The lowest BCUT2D eigenvalue weighted by Gasteiger charge is -2.17. The Morgan fingerprint density at radius 2 is 1.90 bits per heavy atom. The third kappa shape index (κ3) is 7.13. The van der Waals surface area contributed by atoms with Crippen LogP contribution >= 0.6 is 11.8 Å². The van der Waals surface area contributed by atoms with Crippen LogP contribution in [-0.4, -0.2) is 25.1 Å². The smallest absolute Gasteiger partial charge is 0.119 e. The monoisotopic (exact) mass is 408 g/mol. The maximum Gasteiger partial charge on any atom is 0.119 e. The molecule has 2 aromatic rings. The minimum absolute atomic E-state index is 0.297. The summed E-state index contributed by atoms with van der Waals surface area (Å²) in [6.07, 6.45) is 2.86. The van der Waals surface area contributed by atoms with Crippen molar-refractivity contribution in [3.63, 3.8) is 0 Å². The molecule has 4 heteroatoms. The van der Waals surface area contributed by atoms with Gasteiger partial charge in [-0.15, -0.1) is 11.8 Å². The first-order chi connectivity index (χ1) is 14.0. The summed E-state index contributed by atoms with van der Waals surface area (Å²) in [6.45, 7) is 12.1. The number of nitrogens with one attached hydrogen (secondary N) is 1. The van der Waals surface area contributed by atoms with Gasteiger partial charge in [0.15, 0.2) is 0 Å². The molecule has 1 unspecified atom stereocenters. The lowest BCUT2D eigenvalue weighted by molar-refractivity contribution is 0.414. The molecule has 0 radical (unpaired) electrons. The zero-order valence-corrected chi connectivity index (χ0v) is 18.8. The van der Waals surface area contributed by atoms with Crippen molar-refractivity contribution in [2.75, 3.05) is 14.2 Å². The summed E-state index contributed by atoms with van der Waals surface area (Å²) in [4.78, 5) is 4.79. The number of methoxy groups -OCH3 is 1. The number of nitrogens with zero attached hydrogens (tertiary/aromatic N) is 1. The van der Waals surface area contributed by atoms with Gasteiger partial charge in [-0.05, 0) is 73.4 Å². The number of aliphatic imine (C=N–C) groups is 1. The van der Waals surface area contributed by atoms with Crippen LogP contribution in [0.25, 0.3) is 0 Å². The standard InChI is InChI=1S/C25H32N2OS/c1-7-29-25(20(4)26-5)17-22-12-10-21(11-13-22)9-8-19(3)27-24-15-14-23(28-6)16-18(24)2/h7,10-16,25-26H,1,4,8-9,17H2,2-3,5-6H3. The van der Waals surface area contributed by atoms with Crippen molar-refractivity contribution in [2.45, 2.75) is 38.4 Å². The Balaban J connectivity index is 1.95. The predicted molar refractivity (Wildman–Crippen MR) is 129 cm³/mol. The van der Waals surface area contributed by atoms with E-state index in [0.717, 1.165) is 47.7 Å². The van der Waals surface area contributed by atoms with Crippen LogP contribution < -0.4 is 10.1 Å². The van der Waals surface area contributed by atoms with E-state index >= 15 is 0 Å². The fraction of sp³-hybridized carbons (Fsp3) is 0.320. The van der Waals surface area contributed by atoms with Gasteiger partial charge in [-0.3, -0.25) is 4.99 Å². The van der Waals surface area contributed by atoms with Gasteiger partial charge in [0.05, 0.1) is 18.0 Å². The van der Waals surface area contributed by atoms with E-state index in [2.05, 4.69) is 56.6 Å². The van der Waals surface area contributed by atoms with E-state index in [-0.39, 0.29) is 0 Å². The second-order valence-electron chi connectivity index (χ2n) is 7.09. The van der Waals surface area contributed by atoms with E-state index in [1.54, 1.807) is 18.9 Å². The van der Waals surface area contributed by atoms with E-state index in [1.165, 1.54) is 11.1 Å². The second-order valence-corrected chi connectivity index (χ2v) is 8.26. The molecule has 0 aromatic heterocycles. The lowest BCUT2D eigenvalue weighted by Crippen LogP contribution is -2.19. The Morgan fingerprint density at radius 1 is 1.21 bits per heavy atom. The molecule has 0 aliphatic heterocycles. The Kier molecular flexibility index (Phi) is 9.07. The fourth-order valence-electron chi connectivity index (χ4n) is 3.05. The number of thioether (sulfide) groups is 1. The van der Waals surface area contributed by atoms with Crippen molar-refractivity contribution in [3.8, 4) is 5.75 Å². The summed E-state index contributed by atoms with van der Waals surface area (Å²) < 4.78 is 5.26. The molecular weight excluding hydrogens is 376 g/mol. The average molecular weight is 409 g/mol. The summed E-state index contributed by atoms with van der Waals surface area (Å²) in [6, 6.07) is 14.9. The first-order valence-electron chi connectivity index (χ1n) is 9.86. The van der Waals surface area contributed by atoms with Crippen LogP contribution in [-0.2, 0) is 12.8 Å². The van der Waals surface area contributed by atoms with Gasteiger partial charge in [-0.1, -0.05) is 37.4 Å². The third-order valence-corrected chi connectivity index (χ3v) is 5.88. The Bertz CT molecular complexity index is 856. The molecule has 2 aromatic carbocycles. The zero-order valence-electron chi connectivity index (χ0n) is 18.0. The van der Waals surface area contributed by atoms with Crippen LogP contribution in [0.3, 0.4) is 0 Å². The normalized spacial score (nSPS) is 12.3. The Hall–Kier alpha value is -2.46. The van der Waals surface area contributed by atoms with Gasteiger partial charge in [0.2, 0.25) is 0 Å². The molecular formula is C25H32N2OS. The van der Waals surface area contributed by atoms with Gasteiger partial charge in [-0.2, -0.15) is 0 Å². The van der Waals surface area contributed by atoms with E-state index in [1.807, 2.05) is 30.7 Å². The van der Waals surface area contributed by atoms with Crippen LogP contribution in [0.4, 0.5) is 5.69 Å². The minimum atomic E-state index is 0.297. The van der Waals surface area contributed by atoms with Crippen LogP contribution in [0.5, 0.6) is 5.75 Å².